The number of ether oxygens (including phenoxy) is 7. The molecule has 3 heterocycles. The molecule has 2 bridgehead atoms. The number of rotatable bonds is 10. The second-order valence-electron chi connectivity index (χ2n) is 13.1. The molecule has 0 amide bonds. The Bertz CT molecular complexity index is 1860. The normalized spacial score (nSPS) is 19.6. The van der Waals surface area contributed by atoms with Crippen LogP contribution in [0.4, 0.5) is 0 Å². The van der Waals surface area contributed by atoms with E-state index in [-0.39, 0.29) is 18.1 Å². The Kier molecular flexibility index (Phi) is 8.98. The first-order chi connectivity index (χ1) is 23.8. The van der Waals surface area contributed by atoms with E-state index in [0.29, 0.717) is 28.7 Å². The van der Waals surface area contributed by atoms with Gasteiger partial charge in [-0.3, -0.25) is 9.80 Å². The summed E-state index contributed by atoms with van der Waals surface area (Å²) in [5.74, 6) is 5.55. The molecule has 7 rings (SSSR count). The molecule has 0 aliphatic carbocycles. The van der Waals surface area contributed by atoms with Gasteiger partial charge in [0.15, 0.2) is 34.5 Å². The standard InChI is InChI=1S/C40H46N2O7/c1-41-14-13-24-17-35(45-5)37(21-27(24)31(41)15-23-9-11-26(43-3)12-10-23)49-39-30-19-33-28-20-36(46-6)34(44-4)18-25(28)16-32(42(33)2)29(30)22-38(47-7)40(39)48-8/h9-12,17-18,20-22,31-33H,13-16,19H2,1-8H3/t31-,32-,33-/m1/s1. The molecule has 0 saturated heterocycles. The molecule has 0 saturated carbocycles. The molecule has 0 N–H and O–H groups in total. The van der Waals surface area contributed by atoms with Crippen LogP contribution in [0, 0.1) is 0 Å². The first kappa shape index (κ1) is 32.9. The van der Waals surface area contributed by atoms with Crippen LogP contribution in [0.15, 0.2) is 54.6 Å². The van der Waals surface area contributed by atoms with E-state index in [1.54, 1.807) is 42.7 Å². The summed E-state index contributed by atoms with van der Waals surface area (Å²) < 4.78 is 41.8. The fourth-order valence-electron chi connectivity index (χ4n) is 8.06. The molecular formula is C40H46N2O7. The zero-order valence-electron chi connectivity index (χ0n) is 29.7. The SMILES string of the molecule is COc1ccc(C[C@@H]2c3cc(Oc4c5c(cc(OC)c4OC)[C@H]4Cc6cc(OC)c(OC)cc6[C@@H](C5)N4C)c(OC)cc3CCN2C)cc1. The minimum atomic E-state index is 0.106. The highest BCUT2D eigenvalue weighted by molar-refractivity contribution is 5.65. The van der Waals surface area contributed by atoms with Crippen LogP contribution in [-0.2, 0) is 25.7 Å². The second-order valence-corrected chi connectivity index (χ2v) is 13.1. The molecule has 9 nitrogen and oxygen atoms in total. The lowest BCUT2D eigenvalue weighted by atomic mass is 9.76. The molecule has 3 aliphatic rings. The molecule has 4 aromatic rings. The minimum Gasteiger partial charge on any atom is -0.497 e. The molecule has 0 aromatic heterocycles. The van der Waals surface area contributed by atoms with Gasteiger partial charge in [-0.05, 0) is 116 Å². The highest BCUT2D eigenvalue weighted by atomic mass is 16.5. The Morgan fingerprint density at radius 2 is 1.20 bits per heavy atom. The van der Waals surface area contributed by atoms with Gasteiger partial charge < -0.3 is 33.2 Å². The van der Waals surface area contributed by atoms with Gasteiger partial charge in [-0.25, -0.2) is 0 Å². The van der Waals surface area contributed by atoms with Crippen molar-refractivity contribution in [2.75, 3.05) is 63.3 Å². The van der Waals surface area contributed by atoms with Crippen LogP contribution in [0.2, 0.25) is 0 Å². The largest absolute Gasteiger partial charge is 0.497 e. The van der Waals surface area contributed by atoms with E-state index >= 15 is 0 Å². The van der Waals surface area contributed by atoms with Crippen molar-refractivity contribution in [2.45, 2.75) is 43.8 Å². The first-order valence-electron chi connectivity index (χ1n) is 16.8. The highest BCUT2D eigenvalue weighted by Gasteiger charge is 2.42. The van der Waals surface area contributed by atoms with E-state index < -0.39 is 0 Å². The zero-order valence-corrected chi connectivity index (χ0v) is 29.7. The van der Waals surface area contributed by atoms with E-state index in [9.17, 15) is 0 Å². The smallest absolute Gasteiger partial charge is 0.204 e. The van der Waals surface area contributed by atoms with Gasteiger partial charge in [0.05, 0.1) is 42.7 Å². The van der Waals surface area contributed by atoms with Gasteiger partial charge in [0.2, 0.25) is 5.75 Å². The van der Waals surface area contributed by atoms with Crippen molar-refractivity contribution in [1.29, 1.82) is 0 Å². The van der Waals surface area contributed by atoms with Crippen molar-refractivity contribution in [2.24, 2.45) is 0 Å². The lowest BCUT2D eigenvalue weighted by Crippen LogP contribution is -2.40. The third-order valence-corrected chi connectivity index (χ3v) is 10.8. The van der Waals surface area contributed by atoms with E-state index in [0.717, 1.165) is 55.0 Å². The van der Waals surface area contributed by atoms with Crippen LogP contribution in [0.25, 0.3) is 0 Å². The maximum atomic E-state index is 7.04. The number of benzene rings is 4. The lowest BCUT2D eigenvalue weighted by Gasteiger charge is -2.46. The maximum Gasteiger partial charge on any atom is 0.204 e. The lowest BCUT2D eigenvalue weighted by molar-refractivity contribution is 0.135. The van der Waals surface area contributed by atoms with E-state index in [1.165, 1.54) is 33.4 Å². The summed E-state index contributed by atoms with van der Waals surface area (Å²) in [5, 5.41) is 0. The molecule has 3 aliphatic heterocycles. The molecule has 0 unspecified atom stereocenters. The summed E-state index contributed by atoms with van der Waals surface area (Å²) in [4.78, 5) is 4.87. The van der Waals surface area contributed by atoms with Crippen LogP contribution in [-0.4, -0.2) is 73.1 Å². The minimum absolute atomic E-state index is 0.106. The molecule has 3 atom stereocenters. The van der Waals surface area contributed by atoms with Crippen molar-refractivity contribution >= 4 is 0 Å². The zero-order chi connectivity index (χ0) is 34.4. The van der Waals surface area contributed by atoms with Crippen LogP contribution in [0.3, 0.4) is 0 Å². The van der Waals surface area contributed by atoms with Crippen molar-refractivity contribution in [3.63, 3.8) is 0 Å². The van der Waals surface area contributed by atoms with E-state index in [2.05, 4.69) is 66.4 Å². The number of fused-ring (bicyclic) bond motifs is 7. The van der Waals surface area contributed by atoms with E-state index in [4.69, 9.17) is 33.2 Å². The van der Waals surface area contributed by atoms with Crippen molar-refractivity contribution < 1.29 is 33.2 Å². The van der Waals surface area contributed by atoms with Crippen molar-refractivity contribution in [3.05, 3.63) is 93.5 Å². The molecule has 49 heavy (non-hydrogen) atoms. The number of methoxy groups -OCH3 is 6. The molecule has 258 valence electrons. The van der Waals surface area contributed by atoms with Gasteiger partial charge in [0, 0.05) is 30.2 Å². The van der Waals surface area contributed by atoms with Gasteiger partial charge in [0.25, 0.3) is 0 Å². The maximum absolute atomic E-state index is 7.04. The topological polar surface area (TPSA) is 71.1 Å². The highest BCUT2D eigenvalue weighted by Crippen LogP contribution is 2.56. The number of hydrogen-bond acceptors (Lipinski definition) is 9. The molecule has 0 spiro atoms. The molecule has 0 fully saturated rings. The van der Waals surface area contributed by atoms with Crippen LogP contribution < -0.4 is 33.2 Å². The Morgan fingerprint density at radius 3 is 1.88 bits per heavy atom. The summed E-state index contributed by atoms with van der Waals surface area (Å²) in [5.41, 5.74) is 8.53. The fraction of sp³-hybridized carbons (Fsp3) is 0.400. The van der Waals surface area contributed by atoms with Crippen LogP contribution in [0.5, 0.6) is 46.0 Å². The summed E-state index contributed by atoms with van der Waals surface area (Å²) in [6.45, 7) is 0.961. The van der Waals surface area contributed by atoms with Crippen LogP contribution >= 0.6 is 0 Å². The number of hydrogen-bond donors (Lipinski definition) is 0. The van der Waals surface area contributed by atoms with Gasteiger partial charge in [-0.2, -0.15) is 0 Å². The van der Waals surface area contributed by atoms with Crippen molar-refractivity contribution in [1.82, 2.24) is 9.80 Å². The van der Waals surface area contributed by atoms with Gasteiger partial charge in [-0.15, -0.1) is 0 Å². The Labute approximate surface area is 289 Å². The molecule has 4 aromatic carbocycles. The third-order valence-electron chi connectivity index (χ3n) is 10.8. The van der Waals surface area contributed by atoms with E-state index in [1.807, 2.05) is 12.1 Å². The Hall–Kier alpha value is -4.60. The Balaban J connectivity index is 1.32. The average Bonchev–Trinajstić information content (AvgIpc) is 3.12. The summed E-state index contributed by atoms with van der Waals surface area (Å²) in [6.07, 6.45) is 3.33. The quantitative estimate of drug-likeness (QED) is 0.176. The summed E-state index contributed by atoms with van der Waals surface area (Å²) >= 11 is 0. The van der Waals surface area contributed by atoms with Crippen molar-refractivity contribution in [3.8, 4) is 46.0 Å². The monoisotopic (exact) mass is 666 g/mol. The average molecular weight is 667 g/mol. The predicted octanol–water partition coefficient (Wildman–Crippen LogP) is 7.13. The van der Waals surface area contributed by atoms with Gasteiger partial charge in [-0.1, -0.05) is 12.1 Å². The molecular weight excluding hydrogens is 620 g/mol. The second kappa shape index (κ2) is 13.4. The number of likely N-dealkylation sites (N-methyl/N-ethyl adjacent to an activating group) is 2. The molecule has 0 radical (unpaired) electrons. The predicted molar refractivity (Wildman–Crippen MR) is 189 cm³/mol. The summed E-state index contributed by atoms with van der Waals surface area (Å²) in [7, 11) is 14.5. The third kappa shape index (κ3) is 5.68. The Morgan fingerprint density at radius 1 is 0.592 bits per heavy atom. The molecule has 9 heteroatoms. The fourth-order valence-corrected chi connectivity index (χ4v) is 8.06. The van der Waals surface area contributed by atoms with Gasteiger partial charge >= 0.3 is 0 Å². The van der Waals surface area contributed by atoms with Crippen LogP contribution in [0.1, 0.15) is 57.1 Å². The number of nitrogens with zero attached hydrogens (tertiary/aromatic N) is 2. The first-order valence-corrected chi connectivity index (χ1v) is 16.8. The summed E-state index contributed by atoms with van der Waals surface area (Å²) in [6, 6.07) is 19.4. The van der Waals surface area contributed by atoms with Gasteiger partial charge in [0.1, 0.15) is 5.75 Å².